The Hall–Kier alpha value is -1.06. The van der Waals surface area contributed by atoms with E-state index in [1.54, 1.807) is 17.4 Å². The van der Waals surface area contributed by atoms with Crippen LogP contribution in [0.25, 0.3) is 5.70 Å². The number of thiophene rings is 1. The van der Waals surface area contributed by atoms with E-state index < -0.39 is 0 Å². The van der Waals surface area contributed by atoms with Gasteiger partial charge in [-0.3, -0.25) is 10.2 Å². The fourth-order valence-corrected chi connectivity index (χ4v) is 6.51. The molecule has 1 N–H and O–H groups in total. The van der Waals surface area contributed by atoms with E-state index in [2.05, 4.69) is 56.1 Å². The van der Waals surface area contributed by atoms with E-state index in [9.17, 15) is 4.79 Å². The monoisotopic (exact) mass is 601 g/mol. The molecule has 3 heterocycles. The average Bonchev–Trinajstić information content (AvgIpc) is 3.17. The van der Waals surface area contributed by atoms with Crippen molar-refractivity contribution < 1.29 is 4.79 Å². The van der Waals surface area contributed by atoms with E-state index in [-0.39, 0.29) is 5.91 Å². The Labute approximate surface area is 217 Å². The Morgan fingerprint density at radius 3 is 2.53 bits per heavy atom. The lowest BCUT2D eigenvalue weighted by Crippen LogP contribution is -2.45. The molecule has 8 heteroatoms. The van der Waals surface area contributed by atoms with E-state index in [0.29, 0.717) is 10.0 Å². The van der Waals surface area contributed by atoms with Crippen molar-refractivity contribution in [2.45, 2.75) is 39.0 Å². The molecular weight excluding hydrogens is 576 g/mol. The molecule has 4 nitrogen and oxygen atoms in total. The Kier molecular flexibility index (Phi) is 8.21. The Bertz CT molecular complexity index is 1060. The fraction of sp³-hybridized carbons (Fsp3) is 0.375. The lowest BCUT2D eigenvalue weighted by Gasteiger charge is -2.32. The zero-order chi connectivity index (χ0) is 22.7. The SMILES string of the molecule is CC1=C(\c2ccc(I)s2)N(c2ccc(Cl)cc2Cl)CCC/C=C\1C(=O)NN1CCCCC1. The smallest absolute Gasteiger partial charge is 0.265 e. The third-order valence-corrected chi connectivity index (χ3v) is 8.27. The van der Waals surface area contributed by atoms with Gasteiger partial charge >= 0.3 is 0 Å². The maximum absolute atomic E-state index is 13.4. The minimum absolute atomic E-state index is 0.0304. The maximum atomic E-state index is 13.4. The van der Waals surface area contributed by atoms with Gasteiger partial charge in [0.1, 0.15) is 0 Å². The van der Waals surface area contributed by atoms with Gasteiger partial charge in [0.05, 0.1) is 24.2 Å². The molecule has 4 rings (SSSR count). The second-order valence-electron chi connectivity index (χ2n) is 8.07. The number of piperidine rings is 1. The number of carbonyl (C=O) groups excluding carboxylic acids is 1. The summed E-state index contributed by atoms with van der Waals surface area (Å²) in [5.41, 5.74) is 6.79. The van der Waals surface area contributed by atoms with Crippen LogP contribution in [0.1, 0.15) is 43.9 Å². The van der Waals surface area contributed by atoms with Crippen molar-refractivity contribution in [2.24, 2.45) is 0 Å². The summed E-state index contributed by atoms with van der Waals surface area (Å²) < 4.78 is 1.20. The average molecular weight is 602 g/mol. The number of amides is 1. The van der Waals surface area contributed by atoms with Crippen LogP contribution >= 0.6 is 57.1 Å². The molecule has 2 aliphatic heterocycles. The van der Waals surface area contributed by atoms with Crippen molar-refractivity contribution in [3.63, 3.8) is 0 Å². The van der Waals surface area contributed by atoms with Crippen LogP contribution in [0.15, 0.2) is 47.6 Å². The van der Waals surface area contributed by atoms with Crippen molar-refractivity contribution in [2.75, 3.05) is 24.5 Å². The molecule has 0 saturated carbocycles. The van der Waals surface area contributed by atoms with Gasteiger partial charge in [-0.2, -0.15) is 0 Å². The number of carbonyl (C=O) groups is 1. The summed E-state index contributed by atoms with van der Waals surface area (Å²) in [4.78, 5) is 16.7. The van der Waals surface area contributed by atoms with Gasteiger partial charge < -0.3 is 4.90 Å². The van der Waals surface area contributed by atoms with Gasteiger partial charge in [0, 0.05) is 30.2 Å². The van der Waals surface area contributed by atoms with E-state index in [1.807, 2.05) is 19.1 Å². The van der Waals surface area contributed by atoms with Crippen LogP contribution in [0, 0.1) is 2.88 Å². The molecule has 0 atom stereocenters. The number of nitrogens with one attached hydrogen (secondary N) is 1. The number of nitrogens with zero attached hydrogens (tertiary/aromatic N) is 2. The number of hydrogen-bond donors (Lipinski definition) is 1. The van der Waals surface area contributed by atoms with Crippen LogP contribution in [0.4, 0.5) is 5.69 Å². The van der Waals surface area contributed by atoms with Crippen LogP contribution < -0.4 is 10.3 Å². The highest BCUT2D eigenvalue weighted by atomic mass is 127. The number of anilines is 1. The lowest BCUT2D eigenvalue weighted by atomic mass is 9.98. The van der Waals surface area contributed by atoms with E-state index >= 15 is 0 Å². The van der Waals surface area contributed by atoms with Gasteiger partial charge in [-0.1, -0.05) is 35.7 Å². The third kappa shape index (κ3) is 5.53. The molecule has 1 aromatic heterocycles. The number of halogens is 3. The highest BCUT2D eigenvalue weighted by Gasteiger charge is 2.26. The van der Waals surface area contributed by atoms with Gasteiger partial charge in [-0.05, 0) is 91.1 Å². The second kappa shape index (κ2) is 10.9. The molecule has 2 aromatic rings. The number of hydrazine groups is 1. The molecule has 32 heavy (non-hydrogen) atoms. The normalized spacial score (nSPS) is 22.1. The molecule has 0 spiro atoms. The van der Waals surface area contributed by atoms with Gasteiger partial charge in [-0.15, -0.1) is 11.3 Å². The zero-order valence-electron chi connectivity index (χ0n) is 18.0. The molecule has 0 aliphatic carbocycles. The molecule has 1 amide bonds. The largest absolute Gasteiger partial charge is 0.339 e. The van der Waals surface area contributed by atoms with Crippen LogP contribution in [0.2, 0.25) is 10.0 Å². The van der Waals surface area contributed by atoms with Crippen molar-refractivity contribution in [1.82, 2.24) is 10.4 Å². The number of rotatable bonds is 4. The topological polar surface area (TPSA) is 35.6 Å². The highest BCUT2D eigenvalue weighted by Crippen LogP contribution is 2.40. The Morgan fingerprint density at radius 1 is 1.06 bits per heavy atom. The minimum atomic E-state index is -0.0304. The predicted molar refractivity (Wildman–Crippen MR) is 144 cm³/mol. The summed E-state index contributed by atoms with van der Waals surface area (Å²) >= 11 is 16.9. The summed E-state index contributed by atoms with van der Waals surface area (Å²) in [6, 6.07) is 9.85. The van der Waals surface area contributed by atoms with Crippen molar-refractivity contribution in [3.05, 3.63) is 65.4 Å². The molecular formula is C24H26Cl2IN3OS. The first-order chi connectivity index (χ1) is 15.4. The van der Waals surface area contributed by atoms with Gasteiger partial charge in [0.25, 0.3) is 5.91 Å². The first-order valence-corrected chi connectivity index (χ1v) is 13.5. The molecule has 1 aromatic carbocycles. The first kappa shape index (κ1) is 24.1. The summed E-state index contributed by atoms with van der Waals surface area (Å²) in [5, 5.41) is 3.28. The molecule has 0 unspecified atom stereocenters. The molecule has 0 radical (unpaired) electrons. The van der Waals surface area contributed by atoms with Crippen LogP contribution in [-0.2, 0) is 4.79 Å². The quantitative estimate of drug-likeness (QED) is 0.379. The van der Waals surface area contributed by atoms with Crippen LogP contribution in [-0.4, -0.2) is 30.6 Å². The summed E-state index contributed by atoms with van der Waals surface area (Å²) in [5.74, 6) is -0.0304. The van der Waals surface area contributed by atoms with Crippen molar-refractivity contribution in [3.8, 4) is 0 Å². The van der Waals surface area contributed by atoms with E-state index in [1.165, 1.54) is 9.30 Å². The Balaban J connectivity index is 1.77. The van der Waals surface area contributed by atoms with Gasteiger partial charge in [0.15, 0.2) is 0 Å². The minimum Gasteiger partial charge on any atom is -0.339 e. The number of allylic oxidation sites excluding steroid dienone is 1. The molecule has 1 saturated heterocycles. The third-order valence-electron chi connectivity index (χ3n) is 5.83. The van der Waals surface area contributed by atoms with Crippen molar-refractivity contribution in [1.29, 1.82) is 0 Å². The molecule has 170 valence electrons. The number of hydrogen-bond acceptors (Lipinski definition) is 4. The molecule has 2 aliphatic rings. The standard InChI is InChI=1S/C24H26Cl2IN3OS/c1-16-18(24(31)28-29-12-4-2-5-13-29)7-3-6-14-30(20-9-8-17(25)15-19(20)26)23(16)21-10-11-22(27)32-21/h7-11,15H,2-6,12-14H2,1H3,(H,28,31)/b18-7+,23-16-. The predicted octanol–water partition coefficient (Wildman–Crippen LogP) is 7.13. The summed E-state index contributed by atoms with van der Waals surface area (Å²) in [7, 11) is 0. The fourth-order valence-electron chi connectivity index (χ4n) is 4.26. The highest BCUT2D eigenvalue weighted by molar-refractivity contribution is 14.1. The first-order valence-electron chi connectivity index (χ1n) is 10.9. The number of benzene rings is 1. The van der Waals surface area contributed by atoms with E-state index in [0.717, 1.165) is 72.7 Å². The zero-order valence-corrected chi connectivity index (χ0v) is 22.5. The van der Waals surface area contributed by atoms with Crippen LogP contribution in [0.3, 0.4) is 0 Å². The second-order valence-corrected chi connectivity index (χ2v) is 11.9. The summed E-state index contributed by atoms with van der Waals surface area (Å²) in [6.45, 7) is 4.67. The van der Waals surface area contributed by atoms with Gasteiger partial charge in [-0.25, -0.2) is 5.01 Å². The maximum Gasteiger partial charge on any atom is 0.265 e. The molecule has 0 bridgehead atoms. The van der Waals surface area contributed by atoms with E-state index in [4.69, 9.17) is 23.2 Å². The Morgan fingerprint density at radius 2 is 1.84 bits per heavy atom. The summed E-state index contributed by atoms with van der Waals surface area (Å²) in [6.07, 6.45) is 7.31. The van der Waals surface area contributed by atoms with Crippen molar-refractivity contribution >= 4 is 74.4 Å². The van der Waals surface area contributed by atoms with Crippen LogP contribution in [0.5, 0.6) is 0 Å². The molecule has 1 fully saturated rings. The lowest BCUT2D eigenvalue weighted by molar-refractivity contribution is -0.122. The van der Waals surface area contributed by atoms with Gasteiger partial charge in [0.2, 0.25) is 0 Å².